The molecular weight excluding hydrogens is 250 g/mol. The minimum atomic E-state index is 0.151. The van der Waals surface area contributed by atoms with E-state index in [0.717, 1.165) is 31.5 Å². The Morgan fingerprint density at radius 3 is 2.67 bits per heavy atom. The van der Waals surface area contributed by atoms with Gasteiger partial charge in [-0.3, -0.25) is 4.79 Å². The van der Waals surface area contributed by atoms with Crippen LogP contribution in [0, 0.1) is 0 Å². The van der Waals surface area contributed by atoms with Crippen molar-refractivity contribution in [3.8, 4) is 0 Å². The van der Waals surface area contributed by atoms with Crippen molar-refractivity contribution >= 4 is 17.5 Å². The summed E-state index contributed by atoms with van der Waals surface area (Å²) < 4.78 is 5.30. The number of carbonyl (C=O) groups is 1. The van der Waals surface area contributed by atoms with E-state index in [1.165, 1.54) is 0 Å². The predicted octanol–water partition coefficient (Wildman–Crippen LogP) is 2.52. The van der Waals surface area contributed by atoms with Gasteiger partial charge in [-0.05, 0) is 24.5 Å². The molecule has 1 aromatic carbocycles. The first kappa shape index (κ1) is 13.4. The fourth-order valence-electron chi connectivity index (χ4n) is 2.26. The minimum Gasteiger partial charge on any atom is -0.381 e. The van der Waals surface area contributed by atoms with Gasteiger partial charge in [-0.15, -0.1) is 0 Å². The van der Waals surface area contributed by atoms with Gasteiger partial charge >= 0.3 is 0 Å². The quantitative estimate of drug-likeness (QED) is 0.842. The van der Waals surface area contributed by atoms with E-state index in [4.69, 9.17) is 16.3 Å². The molecule has 1 aliphatic heterocycles. The third-order valence-electron chi connectivity index (χ3n) is 3.43. The molecule has 0 atom stereocenters. The Balaban J connectivity index is 1.91. The maximum absolute atomic E-state index is 12.1. The molecule has 0 spiro atoms. The second-order valence-corrected chi connectivity index (χ2v) is 4.99. The second-order valence-electron chi connectivity index (χ2n) is 4.58. The molecule has 1 amide bonds. The fraction of sp³-hybridized carbons (Fsp3) is 0.500. The molecule has 98 valence electrons. The van der Waals surface area contributed by atoms with Gasteiger partial charge in [0.2, 0.25) is 5.91 Å². The summed E-state index contributed by atoms with van der Waals surface area (Å²) >= 11 is 6.06. The van der Waals surface area contributed by atoms with Gasteiger partial charge in [0.1, 0.15) is 0 Å². The highest BCUT2D eigenvalue weighted by Crippen LogP contribution is 2.18. The Bertz CT molecular complexity index is 414. The summed E-state index contributed by atoms with van der Waals surface area (Å²) in [5.41, 5.74) is 0.901. The number of hydrogen-bond acceptors (Lipinski definition) is 2. The molecule has 0 bridgehead atoms. The van der Waals surface area contributed by atoms with Gasteiger partial charge in [0.05, 0.1) is 12.5 Å². The zero-order valence-electron chi connectivity index (χ0n) is 10.6. The van der Waals surface area contributed by atoms with Crippen LogP contribution in [0.25, 0.3) is 0 Å². The Morgan fingerprint density at radius 2 is 2.06 bits per heavy atom. The van der Waals surface area contributed by atoms with Crippen molar-refractivity contribution in [1.29, 1.82) is 0 Å². The Hall–Kier alpha value is -1.06. The minimum absolute atomic E-state index is 0.151. The van der Waals surface area contributed by atoms with Gasteiger partial charge in [-0.1, -0.05) is 29.8 Å². The van der Waals surface area contributed by atoms with Gasteiger partial charge in [0.25, 0.3) is 0 Å². The largest absolute Gasteiger partial charge is 0.381 e. The Kier molecular flexibility index (Phi) is 4.61. The van der Waals surface area contributed by atoms with Crippen LogP contribution in [0.5, 0.6) is 0 Å². The average Bonchev–Trinajstić information content (AvgIpc) is 2.41. The van der Waals surface area contributed by atoms with Crippen LogP contribution in [0.2, 0.25) is 5.02 Å². The average molecular weight is 268 g/mol. The standard InChI is InChI=1S/C14H18ClNO2/c1-18-12-6-8-16(9-7-12)14(17)10-11-4-2-3-5-13(11)15/h2-5,12H,6-10H2,1H3. The van der Waals surface area contributed by atoms with Crippen molar-refractivity contribution in [2.75, 3.05) is 20.2 Å². The van der Waals surface area contributed by atoms with Crippen LogP contribution in [-0.4, -0.2) is 37.1 Å². The molecule has 0 radical (unpaired) electrons. The van der Waals surface area contributed by atoms with E-state index in [1.807, 2.05) is 29.2 Å². The second kappa shape index (κ2) is 6.21. The molecule has 0 N–H and O–H groups in total. The first-order chi connectivity index (χ1) is 8.70. The van der Waals surface area contributed by atoms with Crippen LogP contribution in [0.3, 0.4) is 0 Å². The van der Waals surface area contributed by atoms with Crippen molar-refractivity contribution in [1.82, 2.24) is 4.90 Å². The molecule has 3 nitrogen and oxygen atoms in total. The number of rotatable bonds is 3. The lowest BCUT2D eigenvalue weighted by Crippen LogP contribution is -2.41. The van der Waals surface area contributed by atoms with E-state index in [2.05, 4.69) is 0 Å². The third-order valence-corrected chi connectivity index (χ3v) is 3.80. The highest BCUT2D eigenvalue weighted by Gasteiger charge is 2.22. The summed E-state index contributed by atoms with van der Waals surface area (Å²) in [6, 6.07) is 7.51. The summed E-state index contributed by atoms with van der Waals surface area (Å²) in [6.07, 6.45) is 2.53. The number of amides is 1. The molecule has 4 heteroatoms. The van der Waals surface area contributed by atoms with E-state index in [1.54, 1.807) is 7.11 Å². The Morgan fingerprint density at radius 1 is 1.39 bits per heavy atom. The molecule has 0 aliphatic carbocycles. The van der Waals surface area contributed by atoms with Crippen LogP contribution in [0.4, 0.5) is 0 Å². The molecule has 1 heterocycles. The van der Waals surface area contributed by atoms with Gasteiger partial charge in [-0.2, -0.15) is 0 Å². The number of halogens is 1. The summed E-state index contributed by atoms with van der Waals surface area (Å²) in [5, 5.41) is 0.664. The van der Waals surface area contributed by atoms with Crippen LogP contribution >= 0.6 is 11.6 Å². The van der Waals surface area contributed by atoms with Gasteiger partial charge in [0, 0.05) is 25.2 Å². The number of nitrogens with zero attached hydrogens (tertiary/aromatic N) is 1. The maximum Gasteiger partial charge on any atom is 0.227 e. The van der Waals surface area contributed by atoms with Crippen LogP contribution in [-0.2, 0) is 16.0 Å². The third kappa shape index (κ3) is 3.24. The molecule has 0 unspecified atom stereocenters. The smallest absolute Gasteiger partial charge is 0.227 e. The van der Waals surface area contributed by atoms with Crippen molar-refractivity contribution in [2.45, 2.75) is 25.4 Å². The summed E-state index contributed by atoms with van der Waals surface area (Å²) in [6.45, 7) is 1.56. The lowest BCUT2D eigenvalue weighted by atomic mass is 10.1. The number of ether oxygens (including phenoxy) is 1. The Labute approximate surface area is 113 Å². The molecule has 1 fully saturated rings. The number of benzene rings is 1. The van der Waals surface area contributed by atoms with Crippen LogP contribution in [0.15, 0.2) is 24.3 Å². The normalized spacial score (nSPS) is 16.9. The van der Waals surface area contributed by atoms with E-state index in [0.29, 0.717) is 17.5 Å². The zero-order valence-corrected chi connectivity index (χ0v) is 11.3. The van der Waals surface area contributed by atoms with Crippen LogP contribution < -0.4 is 0 Å². The van der Waals surface area contributed by atoms with Crippen molar-refractivity contribution in [3.63, 3.8) is 0 Å². The first-order valence-corrected chi connectivity index (χ1v) is 6.62. The maximum atomic E-state index is 12.1. The van der Waals surface area contributed by atoms with E-state index < -0.39 is 0 Å². The number of piperidine rings is 1. The van der Waals surface area contributed by atoms with Crippen molar-refractivity contribution in [2.24, 2.45) is 0 Å². The zero-order chi connectivity index (χ0) is 13.0. The molecule has 2 rings (SSSR count). The highest BCUT2D eigenvalue weighted by molar-refractivity contribution is 6.31. The molecule has 0 saturated carbocycles. The molecule has 0 aromatic heterocycles. The predicted molar refractivity (Wildman–Crippen MR) is 71.8 cm³/mol. The topological polar surface area (TPSA) is 29.5 Å². The lowest BCUT2D eigenvalue weighted by molar-refractivity contribution is -0.132. The number of methoxy groups -OCH3 is 1. The molecule has 1 saturated heterocycles. The number of hydrogen-bond donors (Lipinski definition) is 0. The summed E-state index contributed by atoms with van der Waals surface area (Å²) in [4.78, 5) is 14.0. The number of carbonyl (C=O) groups excluding carboxylic acids is 1. The molecule has 1 aromatic rings. The van der Waals surface area contributed by atoms with E-state index in [9.17, 15) is 4.79 Å². The monoisotopic (exact) mass is 267 g/mol. The first-order valence-electron chi connectivity index (χ1n) is 6.24. The fourth-order valence-corrected chi connectivity index (χ4v) is 2.46. The van der Waals surface area contributed by atoms with E-state index >= 15 is 0 Å². The number of likely N-dealkylation sites (tertiary alicyclic amines) is 1. The van der Waals surface area contributed by atoms with E-state index in [-0.39, 0.29) is 5.91 Å². The van der Waals surface area contributed by atoms with Crippen molar-refractivity contribution in [3.05, 3.63) is 34.9 Å². The van der Waals surface area contributed by atoms with Gasteiger partial charge in [0.15, 0.2) is 0 Å². The van der Waals surface area contributed by atoms with Gasteiger partial charge in [-0.25, -0.2) is 0 Å². The molecular formula is C14H18ClNO2. The van der Waals surface area contributed by atoms with Gasteiger partial charge < -0.3 is 9.64 Å². The van der Waals surface area contributed by atoms with Crippen molar-refractivity contribution < 1.29 is 9.53 Å². The van der Waals surface area contributed by atoms with Crippen LogP contribution in [0.1, 0.15) is 18.4 Å². The molecule has 1 aliphatic rings. The summed E-state index contributed by atoms with van der Waals surface area (Å²) in [7, 11) is 1.73. The summed E-state index contributed by atoms with van der Waals surface area (Å²) in [5.74, 6) is 0.151. The lowest BCUT2D eigenvalue weighted by Gasteiger charge is -2.31. The highest BCUT2D eigenvalue weighted by atomic mass is 35.5. The molecule has 18 heavy (non-hydrogen) atoms. The SMILES string of the molecule is COC1CCN(C(=O)Cc2ccccc2Cl)CC1.